The van der Waals surface area contributed by atoms with E-state index >= 15 is 0 Å². The molecule has 1 aliphatic heterocycles. The van der Waals surface area contributed by atoms with Crippen molar-refractivity contribution in [3.8, 4) is 16.2 Å². The van der Waals surface area contributed by atoms with Gasteiger partial charge in [-0.25, -0.2) is 0 Å². The summed E-state index contributed by atoms with van der Waals surface area (Å²) in [6.45, 7) is 8.23. The fourth-order valence-electron chi connectivity index (χ4n) is 2.71. The second kappa shape index (κ2) is 6.59. The Kier molecular flexibility index (Phi) is 4.79. The van der Waals surface area contributed by atoms with Crippen molar-refractivity contribution in [3.63, 3.8) is 0 Å². The van der Waals surface area contributed by atoms with Gasteiger partial charge in [0.2, 0.25) is 0 Å². The first kappa shape index (κ1) is 18.2. The molecule has 6 heteroatoms. The molecule has 0 bridgehead atoms. The molecular weight excluding hydrogens is 370 g/mol. The molecule has 2 aromatic rings. The number of nitrogens with one attached hydrogen (secondary N) is 1. The van der Waals surface area contributed by atoms with Gasteiger partial charge in [-0.1, -0.05) is 44.8 Å². The molecule has 0 unspecified atom stereocenters. The van der Waals surface area contributed by atoms with Gasteiger partial charge in [-0.05, 0) is 53.1 Å². The number of rotatable bonds is 2. The van der Waals surface area contributed by atoms with E-state index in [4.69, 9.17) is 12.2 Å². The lowest BCUT2D eigenvalue weighted by molar-refractivity contribution is -0.115. The van der Waals surface area contributed by atoms with Crippen molar-refractivity contribution >= 4 is 51.6 Å². The number of hydrogen-bond donors (Lipinski definition) is 2. The molecule has 0 spiro atoms. The normalized spacial score (nSPS) is 16.6. The van der Waals surface area contributed by atoms with Crippen molar-refractivity contribution in [2.24, 2.45) is 0 Å². The van der Waals surface area contributed by atoms with Crippen molar-refractivity contribution in [1.82, 2.24) is 5.32 Å². The molecular formula is C19H19NO2S3. The van der Waals surface area contributed by atoms with Crippen LogP contribution in [-0.4, -0.2) is 15.3 Å². The number of aromatic hydroxyl groups is 1. The Morgan fingerprint density at radius 2 is 2.00 bits per heavy atom. The summed E-state index contributed by atoms with van der Waals surface area (Å²) in [6, 6.07) is 5.93. The van der Waals surface area contributed by atoms with E-state index in [0.717, 1.165) is 27.1 Å². The number of aryl methyl sites for hydroxylation is 1. The first-order valence-electron chi connectivity index (χ1n) is 7.83. The van der Waals surface area contributed by atoms with Crippen LogP contribution >= 0.6 is 35.3 Å². The number of thiophene rings is 1. The maximum absolute atomic E-state index is 12.0. The number of phenols is 1. The standard InChI is InChI=1S/C19H19NO2S3/c1-10-5-6-24-16(10)12-7-11(8-13(15(12)21)19(2,3)4)9-14-17(22)20-18(23)25-14/h5-9,21H,1-4H3,(H,20,22,23). The molecule has 1 aromatic heterocycles. The van der Waals surface area contributed by atoms with Crippen LogP contribution in [0.5, 0.6) is 5.75 Å². The Bertz CT molecular complexity index is 904. The molecule has 1 aromatic carbocycles. The molecule has 2 N–H and O–H groups in total. The highest BCUT2D eigenvalue weighted by Crippen LogP contribution is 2.43. The third-order valence-electron chi connectivity index (χ3n) is 3.99. The topological polar surface area (TPSA) is 49.3 Å². The Hall–Kier alpha value is -1.63. The summed E-state index contributed by atoms with van der Waals surface area (Å²) in [7, 11) is 0. The van der Waals surface area contributed by atoms with E-state index in [2.05, 4.69) is 26.1 Å². The number of hydrogen-bond acceptors (Lipinski definition) is 5. The number of benzene rings is 1. The van der Waals surface area contributed by atoms with E-state index in [9.17, 15) is 9.90 Å². The van der Waals surface area contributed by atoms with Gasteiger partial charge in [-0.3, -0.25) is 4.79 Å². The Morgan fingerprint density at radius 1 is 1.28 bits per heavy atom. The Morgan fingerprint density at radius 3 is 2.52 bits per heavy atom. The minimum absolute atomic E-state index is 0.172. The monoisotopic (exact) mass is 389 g/mol. The predicted molar refractivity (Wildman–Crippen MR) is 111 cm³/mol. The third-order valence-corrected chi connectivity index (χ3v) is 6.20. The number of carbonyl (C=O) groups is 1. The lowest BCUT2D eigenvalue weighted by Crippen LogP contribution is -2.17. The SMILES string of the molecule is Cc1ccsc1-c1cc(C=C2SC(=S)NC2=O)cc(C(C)(C)C)c1O. The quantitative estimate of drug-likeness (QED) is 0.546. The van der Waals surface area contributed by atoms with E-state index in [-0.39, 0.29) is 11.3 Å². The Labute approximate surface area is 161 Å². The van der Waals surface area contributed by atoms with E-state index < -0.39 is 0 Å². The van der Waals surface area contributed by atoms with Gasteiger partial charge in [-0.15, -0.1) is 11.3 Å². The van der Waals surface area contributed by atoms with Crippen molar-refractivity contribution < 1.29 is 9.90 Å². The molecule has 1 amide bonds. The van der Waals surface area contributed by atoms with Gasteiger partial charge < -0.3 is 10.4 Å². The van der Waals surface area contributed by atoms with Crippen LogP contribution in [0, 0.1) is 6.92 Å². The van der Waals surface area contributed by atoms with Gasteiger partial charge >= 0.3 is 0 Å². The molecule has 3 nitrogen and oxygen atoms in total. The molecule has 25 heavy (non-hydrogen) atoms. The summed E-state index contributed by atoms with van der Waals surface area (Å²) >= 11 is 7.92. The van der Waals surface area contributed by atoms with Gasteiger partial charge in [0.05, 0.1) is 4.91 Å². The van der Waals surface area contributed by atoms with Crippen LogP contribution in [0.1, 0.15) is 37.5 Å². The highest BCUT2D eigenvalue weighted by atomic mass is 32.2. The van der Waals surface area contributed by atoms with E-state index in [1.165, 1.54) is 11.8 Å². The van der Waals surface area contributed by atoms with Crippen LogP contribution < -0.4 is 5.32 Å². The average molecular weight is 390 g/mol. The van der Waals surface area contributed by atoms with Crippen molar-refractivity contribution in [3.05, 3.63) is 45.2 Å². The van der Waals surface area contributed by atoms with Gasteiger partial charge in [0.25, 0.3) is 5.91 Å². The second-order valence-corrected chi connectivity index (χ2v) is 9.63. The molecule has 1 aliphatic rings. The van der Waals surface area contributed by atoms with Crippen LogP contribution in [-0.2, 0) is 10.2 Å². The van der Waals surface area contributed by atoms with Gasteiger partial charge in [-0.2, -0.15) is 0 Å². The van der Waals surface area contributed by atoms with Crippen molar-refractivity contribution in [2.75, 3.05) is 0 Å². The summed E-state index contributed by atoms with van der Waals surface area (Å²) in [5, 5.41) is 15.5. The minimum atomic E-state index is -0.223. The average Bonchev–Trinajstić information content (AvgIpc) is 3.05. The number of thioether (sulfide) groups is 1. The molecule has 1 fully saturated rings. The maximum atomic E-state index is 12.0. The highest BCUT2D eigenvalue weighted by molar-refractivity contribution is 8.26. The van der Waals surface area contributed by atoms with Gasteiger partial charge in [0.15, 0.2) is 0 Å². The summed E-state index contributed by atoms with van der Waals surface area (Å²) in [5.74, 6) is 0.133. The second-order valence-electron chi connectivity index (χ2n) is 7.00. The van der Waals surface area contributed by atoms with E-state index in [1.54, 1.807) is 11.3 Å². The minimum Gasteiger partial charge on any atom is -0.507 e. The molecule has 1 saturated heterocycles. The summed E-state index contributed by atoms with van der Waals surface area (Å²) in [6.07, 6.45) is 1.83. The summed E-state index contributed by atoms with van der Waals surface area (Å²) < 4.78 is 0.473. The molecule has 0 saturated carbocycles. The smallest absolute Gasteiger partial charge is 0.263 e. The maximum Gasteiger partial charge on any atom is 0.263 e. The zero-order chi connectivity index (χ0) is 18.4. The van der Waals surface area contributed by atoms with Crippen LogP contribution in [0.4, 0.5) is 0 Å². The number of phenolic OH excluding ortho intramolecular Hbond substituents is 1. The molecule has 130 valence electrons. The fourth-order valence-corrected chi connectivity index (χ4v) is 4.69. The fraction of sp³-hybridized carbons (Fsp3) is 0.263. The molecule has 0 radical (unpaired) electrons. The lowest BCUT2D eigenvalue weighted by atomic mass is 9.83. The first-order valence-corrected chi connectivity index (χ1v) is 9.94. The van der Waals surface area contributed by atoms with Crippen molar-refractivity contribution in [2.45, 2.75) is 33.1 Å². The number of carbonyl (C=O) groups excluding carboxylic acids is 1. The van der Waals surface area contributed by atoms with Gasteiger partial charge in [0.1, 0.15) is 10.1 Å². The zero-order valence-electron chi connectivity index (χ0n) is 14.5. The molecule has 0 aliphatic carbocycles. The highest BCUT2D eigenvalue weighted by Gasteiger charge is 2.25. The van der Waals surface area contributed by atoms with Crippen LogP contribution in [0.25, 0.3) is 16.5 Å². The number of amides is 1. The molecule has 3 rings (SSSR count). The van der Waals surface area contributed by atoms with Crippen LogP contribution in [0.2, 0.25) is 0 Å². The summed E-state index contributed by atoms with van der Waals surface area (Å²) in [4.78, 5) is 13.6. The molecule has 2 heterocycles. The lowest BCUT2D eigenvalue weighted by Gasteiger charge is -2.23. The van der Waals surface area contributed by atoms with E-state index in [1.807, 2.05) is 36.6 Å². The van der Waals surface area contributed by atoms with Crippen LogP contribution in [0.3, 0.4) is 0 Å². The number of thiocarbonyl (C=S) groups is 1. The van der Waals surface area contributed by atoms with Crippen LogP contribution in [0.15, 0.2) is 28.5 Å². The van der Waals surface area contributed by atoms with E-state index in [0.29, 0.717) is 15.0 Å². The first-order chi connectivity index (χ1) is 11.7. The third kappa shape index (κ3) is 3.66. The predicted octanol–water partition coefficient (Wildman–Crippen LogP) is 5.22. The summed E-state index contributed by atoms with van der Waals surface area (Å²) in [5.41, 5.74) is 3.44. The zero-order valence-corrected chi connectivity index (χ0v) is 16.9. The van der Waals surface area contributed by atoms with Crippen molar-refractivity contribution in [1.29, 1.82) is 0 Å². The molecule has 0 atom stereocenters. The largest absolute Gasteiger partial charge is 0.507 e. The van der Waals surface area contributed by atoms with Gasteiger partial charge in [0, 0.05) is 16.0 Å². The Balaban J connectivity index is 2.20.